The molecule has 4 nitrogen and oxygen atoms in total. The molecule has 1 N–H and O–H groups in total. The zero-order chi connectivity index (χ0) is 12.5. The molecular weight excluding hydrogens is 214 g/mol. The smallest absolute Gasteiger partial charge is 0.109 e. The van der Waals surface area contributed by atoms with Gasteiger partial charge in [0.25, 0.3) is 0 Å². The van der Waals surface area contributed by atoms with Crippen molar-refractivity contribution in [2.24, 2.45) is 0 Å². The van der Waals surface area contributed by atoms with E-state index in [-0.39, 0.29) is 0 Å². The SMILES string of the molecule is CCn1nccc1C1(O)CCN(C(C)C)CC1. The van der Waals surface area contributed by atoms with Crippen molar-refractivity contribution >= 4 is 0 Å². The predicted octanol–water partition coefficient (Wildman–Crippen LogP) is 1.59. The van der Waals surface area contributed by atoms with E-state index in [4.69, 9.17) is 0 Å². The highest BCUT2D eigenvalue weighted by atomic mass is 16.3. The Morgan fingerprint density at radius 2 is 2.06 bits per heavy atom. The molecule has 1 saturated heterocycles. The average Bonchev–Trinajstić information content (AvgIpc) is 2.78. The predicted molar refractivity (Wildman–Crippen MR) is 67.7 cm³/mol. The van der Waals surface area contributed by atoms with Crippen LogP contribution in [0.25, 0.3) is 0 Å². The van der Waals surface area contributed by atoms with E-state index in [0.717, 1.165) is 38.2 Å². The minimum absolute atomic E-state index is 0.565. The average molecular weight is 237 g/mol. The highest BCUT2D eigenvalue weighted by molar-refractivity contribution is 5.13. The summed E-state index contributed by atoms with van der Waals surface area (Å²) in [6.45, 7) is 9.22. The van der Waals surface area contributed by atoms with Crippen LogP contribution in [-0.2, 0) is 12.1 Å². The van der Waals surface area contributed by atoms with E-state index >= 15 is 0 Å². The number of hydrogen-bond donors (Lipinski definition) is 1. The van der Waals surface area contributed by atoms with E-state index in [0.29, 0.717) is 6.04 Å². The van der Waals surface area contributed by atoms with Crippen LogP contribution in [0.15, 0.2) is 12.3 Å². The number of likely N-dealkylation sites (tertiary alicyclic amines) is 1. The molecule has 0 atom stereocenters. The summed E-state index contributed by atoms with van der Waals surface area (Å²) in [5.41, 5.74) is 0.293. The Kier molecular flexibility index (Phi) is 3.54. The maximum Gasteiger partial charge on any atom is 0.109 e. The van der Waals surface area contributed by atoms with Gasteiger partial charge in [0.15, 0.2) is 0 Å². The number of aromatic nitrogens is 2. The number of rotatable bonds is 3. The molecule has 0 radical (unpaired) electrons. The van der Waals surface area contributed by atoms with Crippen LogP contribution >= 0.6 is 0 Å². The van der Waals surface area contributed by atoms with Crippen molar-refractivity contribution in [1.82, 2.24) is 14.7 Å². The fourth-order valence-corrected chi connectivity index (χ4v) is 2.65. The van der Waals surface area contributed by atoms with Crippen molar-refractivity contribution in [2.75, 3.05) is 13.1 Å². The standard InChI is InChI=1S/C13H23N3O/c1-4-16-12(5-8-14-16)13(17)6-9-15(10-7-13)11(2)3/h5,8,11,17H,4,6-7,9-10H2,1-3H3. The maximum absolute atomic E-state index is 10.8. The highest BCUT2D eigenvalue weighted by Crippen LogP contribution is 2.33. The number of nitrogens with zero attached hydrogens (tertiary/aromatic N) is 3. The van der Waals surface area contributed by atoms with E-state index in [1.807, 2.05) is 10.7 Å². The molecule has 0 unspecified atom stereocenters. The van der Waals surface area contributed by atoms with Gasteiger partial charge in [0, 0.05) is 31.9 Å². The molecule has 0 aliphatic carbocycles. The van der Waals surface area contributed by atoms with Gasteiger partial charge in [-0.2, -0.15) is 5.10 Å². The van der Waals surface area contributed by atoms with Crippen molar-refractivity contribution in [2.45, 2.75) is 51.8 Å². The zero-order valence-electron chi connectivity index (χ0n) is 11.1. The first kappa shape index (κ1) is 12.6. The van der Waals surface area contributed by atoms with E-state index < -0.39 is 5.60 Å². The summed E-state index contributed by atoms with van der Waals surface area (Å²) in [4.78, 5) is 2.42. The zero-order valence-corrected chi connectivity index (χ0v) is 11.1. The molecule has 0 saturated carbocycles. The second-order valence-electron chi connectivity index (χ2n) is 5.19. The van der Waals surface area contributed by atoms with Crippen LogP contribution in [0.5, 0.6) is 0 Å². The Balaban J connectivity index is 2.12. The molecule has 0 bridgehead atoms. The van der Waals surface area contributed by atoms with Crippen molar-refractivity contribution < 1.29 is 5.11 Å². The van der Waals surface area contributed by atoms with Crippen molar-refractivity contribution in [3.05, 3.63) is 18.0 Å². The lowest BCUT2D eigenvalue weighted by atomic mass is 9.87. The van der Waals surface area contributed by atoms with Crippen LogP contribution in [0.4, 0.5) is 0 Å². The Hall–Kier alpha value is -0.870. The van der Waals surface area contributed by atoms with E-state index in [9.17, 15) is 5.11 Å². The molecule has 1 aromatic rings. The molecule has 1 fully saturated rings. The van der Waals surface area contributed by atoms with Crippen LogP contribution in [0.3, 0.4) is 0 Å². The van der Waals surface area contributed by atoms with Crippen molar-refractivity contribution in [3.63, 3.8) is 0 Å². The molecule has 1 aromatic heterocycles. The Bertz CT molecular complexity index is 364. The molecule has 17 heavy (non-hydrogen) atoms. The fourth-order valence-electron chi connectivity index (χ4n) is 2.65. The molecule has 1 aliphatic rings. The van der Waals surface area contributed by atoms with Crippen LogP contribution in [0.1, 0.15) is 39.3 Å². The van der Waals surface area contributed by atoms with Crippen LogP contribution in [-0.4, -0.2) is 38.9 Å². The maximum atomic E-state index is 10.8. The number of hydrogen-bond acceptors (Lipinski definition) is 3. The third-order valence-electron chi connectivity index (χ3n) is 3.85. The molecule has 0 spiro atoms. The summed E-state index contributed by atoms with van der Waals surface area (Å²) in [5, 5.41) is 15.0. The summed E-state index contributed by atoms with van der Waals surface area (Å²) >= 11 is 0. The monoisotopic (exact) mass is 237 g/mol. The van der Waals surface area contributed by atoms with Gasteiger partial charge in [-0.05, 0) is 39.7 Å². The summed E-state index contributed by atoms with van der Waals surface area (Å²) in [6.07, 6.45) is 3.39. The fraction of sp³-hybridized carbons (Fsp3) is 0.769. The third-order valence-corrected chi connectivity index (χ3v) is 3.85. The lowest BCUT2D eigenvalue weighted by Crippen LogP contribution is -2.46. The topological polar surface area (TPSA) is 41.3 Å². The van der Waals surface area contributed by atoms with Crippen LogP contribution < -0.4 is 0 Å². The Morgan fingerprint density at radius 1 is 1.41 bits per heavy atom. The molecule has 2 heterocycles. The molecule has 0 aromatic carbocycles. The molecule has 1 aliphatic heterocycles. The van der Waals surface area contributed by atoms with Gasteiger partial charge in [-0.15, -0.1) is 0 Å². The van der Waals surface area contributed by atoms with Gasteiger partial charge in [-0.1, -0.05) is 0 Å². The largest absolute Gasteiger partial charge is 0.383 e. The lowest BCUT2D eigenvalue weighted by molar-refractivity contribution is -0.0387. The van der Waals surface area contributed by atoms with Crippen molar-refractivity contribution in [3.8, 4) is 0 Å². The number of aryl methyl sites for hydroxylation is 1. The second-order valence-corrected chi connectivity index (χ2v) is 5.19. The first-order chi connectivity index (χ1) is 8.07. The lowest BCUT2D eigenvalue weighted by Gasteiger charge is -2.40. The first-order valence-electron chi connectivity index (χ1n) is 6.55. The normalized spacial score (nSPS) is 21.0. The van der Waals surface area contributed by atoms with Crippen LogP contribution in [0.2, 0.25) is 0 Å². The van der Waals surface area contributed by atoms with E-state index in [2.05, 4.69) is 30.8 Å². The number of aliphatic hydroxyl groups is 1. The van der Waals surface area contributed by atoms with Crippen LogP contribution in [0, 0.1) is 0 Å². The molecule has 0 amide bonds. The van der Waals surface area contributed by atoms with Gasteiger partial charge < -0.3 is 10.0 Å². The van der Waals surface area contributed by atoms with Gasteiger partial charge in [0.05, 0.1) is 5.69 Å². The van der Waals surface area contributed by atoms with Gasteiger partial charge >= 0.3 is 0 Å². The molecule has 2 rings (SSSR count). The summed E-state index contributed by atoms with van der Waals surface area (Å²) in [7, 11) is 0. The first-order valence-corrected chi connectivity index (χ1v) is 6.55. The third kappa shape index (κ3) is 2.38. The minimum Gasteiger partial charge on any atom is -0.383 e. The molecular formula is C13H23N3O. The minimum atomic E-state index is -0.683. The molecule has 96 valence electrons. The second kappa shape index (κ2) is 4.78. The van der Waals surface area contributed by atoms with Gasteiger partial charge in [0.2, 0.25) is 0 Å². The quantitative estimate of drug-likeness (QED) is 0.868. The molecule has 4 heteroatoms. The van der Waals surface area contributed by atoms with Crippen molar-refractivity contribution in [1.29, 1.82) is 0 Å². The van der Waals surface area contributed by atoms with Gasteiger partial charge in [-0.25, -0.2) is 0 Å². The van der Waals surface area contributed by atoms with E-state index in [1.54, 1.807) is 6.20 Å². The van der Waals surface area contributed by atoms with Gasteiger partial charge in [0.1, 0.15) is 5.60 Å². The summed E-state index contributed by atoms with van der Waals surface area (Å²) < 4.78 is 1.91. The number of piperidine rings is 1. The summed E-state index contributed by atoms with van der Waals surface area (Å²) in [5.74, 6) is 0. The van der Waals surface area contributed by atoms with Gasteiger partial charge in [-0.3, -0.25) is 4.68 Å². The van der Waals surface area contributed by atoms with E-state index in [1.165, 1.54) is 0 Å². The summed E-state index contributed by atoms with van der Waals surface area (Å²) in [6, 6.07) is 2.52. The highest BCUT2D eigenvalue weighted by Gasteiger charge is 2.36. The Morgan fingerprint density at radius 3 is 2.59 bits per heavy atom. The Labute approximate surface area is 103 Å².